The van der Waals surface area contributed by atoms with Gasteiger partial charge in [-0.3, -0.25) is 0 Å². The van der Waals surface area contributed by atoms with Crippen LogP contribution in [0.25, 0.3) is 0 Å². The van der Waals surface area contributed by atoms with Gasteiger partial charge in [0.05, 0.1) is 13.2 Å². The maximum absolute atomic E-state index is 5.95. The van der Waals surface area contributed by atoms with E-state index in [1.807, 2.05) is 19.4 Å². The number of hydrogen-bond donors (Lipinski definition) is 0. The Morgan fingerprint density at radius 1 is 1.78 bits per heavy atom. The molecule has 2 nitrogen and oxygen atoms in total. The van der Waals surface area contributed by atoms with Crippen LogP contribution in [0.3, 0.4) is 0 Å². The predicted molar refractivity (Wildman–Crippen MR) is 38.4 cm³/mol. The maximum Gasteiger partial charge on any atom is 0.175 e. The van der Waals surface area contributed by atoms with Crippen molar-refractivity contribution in [3.63, 3.8) is 0 Å². The highest BCUT2D eigenvalue weighted by Gasteiger charge is 2.24. The van der Waals surface area contributed by atoms with Gasteiger partial charge in [0.2, 0.25) is 0 Å². The van der Waals surface area contributed by atoms with Gasteiger partial charge in [-0.25, -0.2) is 0 Å². The lowest BCUT2D eigenvalue weighted by Gasteiger charge is -2.17. The Kier molecular flexibility index (Phi) is 1.68. The van der Waals surface area contributed by atoms with E-state index in [9.17, 15) is 0 Å². The van der Waals surface area contributed by atoms with E-state index in [1.54, 1.807) is 0 Å². The second-order valence-electron chi connectivity index (χ2n) is 2.49. The molecule has 0 amide bonds. The van der Waals surface area contributed by atoms with Crippen molar-refractivity contribution in [3.8, 4) is 0 Å². The van der Waals surface area contributed by atoms with Crippen molar-refractivity contribution in [1.82, 2.24) is 4.90 Å². The van der Waals surface area contributed by atoms with Crippen LogP contribution in [-0.4, -0.2) is 29.2 Å². The Bertz CT molecular complexity index is 131. The summed E-state index contributed by atoms with van der Waals surface area (Å²) in [4.78, 5) is 2.17. The highest BCUT2D eigenvalue weighted by Crippen LogP contribution is 2.17. The highest BCUT2D eigenvalue weighted by molar-refractivity contribution is 6.07. The van der Waals surface area contributed by atoms with E-state index < -0.39 is 0 Å². The van der Waals surface area contributed by atoms with E-state index in [4.69, 9.17) is 11.8 Å². The molecule has 1 atom stereocenters. The van der Waals surface area contributed by atoms with Crippen LogP contribution in [0.1, 0.15) is 6.92 Å². The number of nitrogens with zero attached hydrogens (tertiary/aromatic N) is 2. The summed E-state index contributed by atoms with van der Waals surface area (Å²) in [6.07, 6.45) is 4.01. The summed E-state index contributed by atoms with van der Waals surface area (Å²) in [6, 6.07) is 0. The van der Waals surface area contributed by atoms with E-state index in [0.717, 1.165) is 13.2 Å². The summed E-state index contributed by atoms with van der Waals surface area (Å²) >= 11 is 5.95. The summed E-state index contributed by atoms with van der Waals surface area (Å²) in [5.41, 5.74) is 0. The molecule has 0 saturated carbocycles. The fourth-order valence-corrected chi connectivity index (χ4v) is 1.08. The van der Waals surface area contributed by atoms with Gasteiger partial charge in [-0.2, -0.15) is 4.00 Å². The van der Waals surface area contributed by atoms with E-state index in [1.165, 1.54) is 0 Å². The topological polar surface area (TPSA) is 3.24 Å². The first-order valence-corrected chi connectivity index (χ1v) is 3.46. The molecule has 52 valence electrons. The fraction of sp³-hybridized carbons (Fsp3) is 0.667. The molecule has 0 aromatic heterocycles. The van der Waals surface area contributed by atoms with Crippen LogP contribution in [-0.2, 0) is 0 Å². The van der Waals surface area contributed by atoms with E-state index in [2.05, 4.69) is 11.8 Å². The van der Waals surface area contributed by atoms with Crippen LogP contribution >= 0.6 is 11.8 Å². The molecule has 1 unspecified atom stereocenters. The van der Waals surface area contributed by atoms with Gasteiger partial charge in [0.15, 0.2) is 18.4 Å². The number of rotatable bonds is 1. The standard InChI is InChI=1S/C6H12ClN2/c1-3-8-4-5-9(2,7)6-8/h4-5H,3,6H2,1-2H3/q+1. The molecular formula is C6H12ClN2+. The monoisotopic (exact) mass is 147 g/mol. The molecule has 1 aliphatic heterocycles. The van der Waals surface area contributed by atoms with Crippen molar-refractivity contribution in [2.75, 3.05) is 20.3 Å². The van der Waals surface area contributed by atoms with Gasteiger partial charge < -0.3 is 4.90 Å². The van der Waals surface area contributed by atoms with Gasteiger partial charge in [0, 0.05) is 6.54 Å². The smallest absolute Gasteiger partial charge is 0.175 e. The second-order valence-corrected chi connectivity index (χ2v) is 3.26. The fourth-order valence-electron chi connectivity index (χ4n) is 0.888. The lowest BCUT2D eigenvalue weighted by molar-refractivity contribution is -0.740. The Labute approximate surface area is 61.0 Å². The van der Waals surface area contributed by atoms with Crippen molar-refractivity contribution >= 4 is 11.8 Å². The summed E-state index contributed by atoms with van der Waals surface area (Å²) in [5, 5.41) is 0. The number of halogens is 1. The first-order chi connectivity index (χ1) is 4.14. The summed E-state index contributed by atoms with van der Waals surface area (Å²) in [6.45, 7) is 4.04. The van der Waals surface area contributed by atoms with Gasteiger partial charge in [0.25, 0.3) is 0 Å². The van der Waals surface area contributed by atoms with E-state index in [0.29, 0.717) is 4.00 Å². The van der Waals surface area contributed by atoms with Gasteiger partial charge in [-0.1, -0.05) is 0 Å². The number of hydrogen-bond acceptors (Lipinski definition) is 1. The molecule has 0 saturated heterocycles. The maximum atomic E-state index is 5.95. The van der Waals surface area contributed by atoms with Crippen LogP contribution in [0.2, 0.25) is 0 Å². The van der Waals surface area contributed by atoms with Crippen LogP contribution in [0.5, 0.6) is 0 Å². The Balaban J connectivity index is 2.50. The highest BCUT2D eigenvalue weighted by atomic mass is 35.5. The molecule has 1 aliphatic rings. The largest absolute Gasteiger partial charge is 0.325 e. The van der Waals surface area contributed by atoms with Gasteiger partial charge in [0.1, 0.15) is 6.20 Å². The van der Waals surface area contributed by atoms with Crippen molar-refractivity contribution < 1.29 is 4.00 Å². The van der Waals surface area contributed by atoms with Gasteiger partial charge in [-0.05, 0) is 6.92 Å². The van der Waals surface area contributed by atoms with Crippen LogP contribution in [0.15, 0.2) is 12.4 Å². The van der Waals surface area contributed by atoms with Crippen LogP contribution in [0.4, 0.5) is 0 Å². The molecular weight excluding hydrogens is 136 g/mol. The molecule has 0 spiro atoms. The summed E-state index contributed by atoms with van der Waals surface area (Å²) in [7, 11) is 1.97. The third-order valence-corrected chi connectivity index (χ3v) is 1.67. The molecule has 0 bridgehead atoms. The Morgan fingerprint density at radius 3 is 2.67 bits per heavy atom. The second kappa shape index (κ2) is 2.20. The molecule has 0 radical (unpaired) electrons. The number of quaternary nitrogens is 1. The van der Waals surface area contributed by atoms with Gasteiger partial charge in [-0.15, -0.1) is 0 Å². The van der Waals surface area contributed by atoms with Gasteiger partial charge >= 0.3 is 0 Å². The minimum absolute atomic E-state index is 0.466. The normalized spacial score (nSPS) is 33.9. The molecule has 1 heterocycles. The average molecular weight is 148 g/mol. The van der Waals surface area contributed by atoms with Crippen molar-refractivity contribution in [2.24, 2.45) is 0 Å². The summed E-state index contributed by atoms with van der Waals surface area (Å²) < 4.78 is 0.466. The average Bonchev–Trinajstić information content (AvgIpc) is 2.10. The molecule has 9 heavy (non-hydrogen) atoms. The minimum atomic E-state index is 0.466. The first kappa shape index (κ1) is 6.90. The Morgan fingerprint density at radius 2 is 2.44 bits per heavy atom. The lowest BCUT2D eigenvalue weighted by atomic mass is 10.6. The molecule has 0 fully saturated rings. The van der Waals surface area contributed by atoms with Crippen LogP contribution in [0, 0.1) is 0 Å². The van der Waals surface area contributed by atoms with Crippen LogP contribution < -0.4 is 0 Å². The van der Waals surface area contributed by atoms with Crippen molar-refractivity contribution in [1.29, 1.82) is 0 Å². The molecule has 0 aromatic rings. The summed E-state index contributed by atoms with van der Waals surface area (Å²) in [5.74, 6) is 0. The predicted octanol–water partition coefficient (Wildman–Crippen LogP) is 1.35. The Hall–Kier alpha value is -0.210. The molecule has 1 rings (SSSR count). The third-order valence-electron chi connectivity index (χ3n) is 1.45. The molecule has 0 aliphatic carbocycles. The minimum Gasteiger partial charge on any atom is -0.325 e. The van der Waals surface area contributed by atoms with Crippen molar-refractivity contribution in [2.45, 2.75) is 6.92 Å². The third kappa shape index (κ3) is 1.60. The molecule has 0 N–H and O–H groups in total. The molecule has 0 aromatic carbocycles. The first-order valence-electron chi connectivity index (χ1n) is 3.12. The SMILES string of the molecule is CCN1C=C[N+](C)(Cl)C1. The van der Waals surface area contributed by atoms with E-state index >= 15 is 0 Å². The van der Waals surface area contributed by atoms with E-state index in [-0.39, 0.29) is 0 Å². The zero-order chi connectivity index (χ0) is 6.91. The zero-order valence-corrected chi connectivity index (χ0v) is 6.60. The lowest BCUT2D eigenvalue weighted by Crippen LogP contribution is -2.31. The quantitative estimate of drug-likeness (QED) is 0.507. The zero-order valence-electron chi connectivity index (χ0n) is 5.84. The van der Waals surface area contributed by atoms with Crippen molar-refractivity contribution in [3.05, 3.63) is 12.4 Å². The molecule has 3 heteroatoms.